The number of carbonyl (C=O) groups is 2. The van der Waals surface area contributed by atoms with Crippen LogP contribution in [-0.2, 0) is 6.54 Å². The maximum absolute atomic E-state index is 13.3. The number of fused-ring (bicyclic) bond motifs is 1. The number of rotatable bonds is 6. The molecular weight excluding hydrogens is 515 g/mol. The van der Waals surface area contributed by atoms with Crippen LogP contribution in [0.4, 0.5) is 4.39 Å². The van der Waals surface area contributed by atoms with Gasteiger partial charge in [-0.15, -0.1) is 11.3 Å². The summed E-state index contributed by atoms with van der Waals surface area (Å²) >= 11 is 7.25. The van der Waals surface area contributed by atoms with Crippen LogP contribution in [0.5, 0.6) is 5.75 Å². The second-order valence-corrected chi connectivity index (χ2v) is 10.1. The Bertz CT molecular complexity index is 1470. The minimum Gasteiger partial charge on any atom is -0.496 e. The van der Waals surface area contributed by atoms with Gasteiger partial charge in [0.1, 0.15) is 23.0 Å². The van der Waals surface area contributed by atoms with Crippen LogP contribution in [0.25, 0.3) is 10.9 Å². The molecule has 1 N–H and O–H groups in total. The van der Waals surface area contributed by atoms with Crippen LogP contribution in [-0.4, -0.2) is 46.9 Å². The van der Waals surface area contributed by atoms with Crippen molar-refractivity contribution in [1.82, 2.24) is 20.2 Å². The number of aromatic nitrogens is 2. The van der Waals surface area contributed by atoms with Crippen molar-refractivity contribution in [2.24, 2.45) is 0 Å². The molecule has 2 aromatic carbocycles. The average molecular weight is 539 g/mol. The van der Waals surface area contributed by atoms with Gasteiger partial charge in [-0.25, -0.2) is 14.4 Å². The fourth-order valence-corrected chi connectivity index (χ4v) is 5.59. The summed E-state index contributed by atoms with van der Waals surface area (Å²) in [5.74, 6) is -0.123. The Kier molecular flexibility index (Phi) is 7.34. The highest BCUT2D eigenvalue weighted by atomic mass is 35.5. The van der Waals surface area contributed by atoms with Crippen LogP contribution < -0.4 is 10.1 Å². The minimum atomic E-state index is -0.498. The van der Waals surface area contributed by atoms with Crippen molar-refractivity contribution in [2.75, 3.05) is 20.2 Å². The molecule has 7 nitrogen and oxygen atoms in total. The molecule has 1 saturated heterocycles. The number of hydrogen-bond acceptors (Lipinski definition) is 6. The molecule has 0 saturated carbocycles. The van der Waals surface area contributed by atoms with Crippen LogP contribution in [0, 0.1) is 5.82 Å². The Hall–Kier alpha value is -3.56. The van der Waals surface area contributed by atoms with Crippen LogP contribution in [0.3, 0.4) is 0 Å². The van der Waals surface area contributed by atoms with Crippen LogP contribution in [0.1, 0.15) is 50.3 Å². The summed E-state index contributed by atoms with van der Waals surface area (Å²) in [7, 11) is 1.59. The number of likely N-dealkylation sites (tertiary alicyclic amines) is 1. The second-order valence-electron chi connectivity index (χ2n) is 8.80. The number of para-hydroxylation sites is 1. The van der Waals surface area contributed by atoms with E-state index in [1.807, 2.05) is 29.2 Å². The van der Waals surface area contributed by atoms with Gasteiger partial charge in [0.05, 0.1) is 22.7 Å². The molecule has 0 spiro atoms. The van der Waals surface area contributed by atoms with E-state index < -0.39 is 5.82 Å². The lowest BCUT2D eigenvalue weighted by Gasteiger charge is -2.31. The molecule has 1 aliphatic heterocycles. The summed E-state index contributed by atoms with van der Waals surface area (Å²) in [4.78, 5) is 36.7. The zero-order chi connectivity index (χ0) is 25.9. The third-order valence-corrected chi connectivity index (χ3v) is 7.74. The first-order chi connectivity index (χ1) is 17.9. The van der Waals surface area contributed by atoms with Crippen molar-refractivity contribution in [3.63, 3.8) is 0 Å². The molecule has 4 aromatic rings. The Morgan fingerprint density at radius 1 is 1.14 bits per heavy atom. The monoisotopic (exact) mass is 538 g/mol. The van der Waals surface area contributed by atoms with E-state index in [9.17, 15) is 14.0 Å². The second kappa shape index (κ2) is 10.8. The third-order valence-electron chi connectivity index (χ3n) is 6.44. The number of thiazole rings is 1. The molecule has 0 atom stereocenters. The van der Waals surface area contributed by atoms with Gasteiger partial charge in [0.25, 0.3) is 11.8 Å². The van der Waals surface area contributed by atoms with E-state index in [1.165, 1.54) is 23.5 Å². The molecule has 3 heterocycles. The zero-order valence-electron chi connectivity index (χ0n) is 20.0. The molecule has 2 aromatic heterocycles. The molecule has 37 heavy (non-hydrogen) atoms. The third kappa shape index (κ3) is 5.42. The normalized spacial score (nSPS) is 14.1. The van der Waals surface area contributed by atoms with Crippen molar-refractivity contribution in [2.45, 2.75) is 25.3 Å². The van der Waals surface area contributed by atoms with Crippen molar-refractivity contribution >= 4 is 45.7 Å². The van der Waals surface area contributed by atoms with Crippen LogP contribution >= 0.6 is 22.9 Å². The molecule has 2 amide bonds. The lowest BCUT2D eigenvalue weighted by atomic mass is 9.97. The number of nitrogens with one attached hydrogen (secondary N) is 1. The van der Waals surface area contributed by atoms with E-state index in [0.29, 0.717) is 35.8 Å². The first-order valence-electron chi connectivity index (χ1n) is 11.8. The van der Waals surface area contributed by atoms with Gasteiger partial charge in [-0.3, -0.25) is 9.59 Å². The number of amides is 2. The van der Waals surface area contributed by atoms with Crippen molar-refractivity contribution in [3.8, 4) is 5.75 Å². The number of methoxy groups -OCH3 is 1. The summed E-state index contributed by atoms with van der Waals surface area (Å²) in [5, 5.41) is 6.30. The van der Waals surface area contributed by atoms with Gasteiger partial charge >= 0.3 is 0 Å². The van der Waals surface area contributed by atoms with E-state index in [2.05, 4.69) is 15.3 Å². The standard InChI is InChI=1S/C27H24ClFN4O3S/c1-36-24-13-22(31-21-5-3-2-4-18(21)24)27(35)33-10-8-17(9-11-33)26-32-23(15-37-26)25(34)30-14-16-6-7-20(29)19(28)12-16/h2-7,12-13,15,17H,8-11,14H2,1H3,(H,30,34). The van der Waals surface area contributed by atoms with E-state index in [0.717, 1.165) is 28.8 Å². The first-order valence-corrected chi connectivity index (χ1v) is 13.1. The SMILES string of the molecule is COc1cc(C(=O)N2CCC(c3nc(C(=O)NCc4ccc(F)c(Cl)c4)cs3)CC2)nc2ccccc12. The molecule has 0 bridgehead atoms. The van der Waals surface area contributed by atoms with Gasteiger partial charge in [-0.05, 0) is 42.7 Å². The maximum atomic E-state index is 13.3. The summed E-state index contributed by atoms with van der Waals surface area (Å²) in [6.07, 6.45) is 1.50. The summed E-state index contributed by atoms with van der Waals surface area (Å²) in [6, 6.07) is 13.6. The minimum absolute atomic E-state index is 0.0167. The molecule has 10 heteroatoms. The lowest BCUT2D eigenvalue weighted by Crippen LogP contribution is -2.38. The number of pyridine rings is 1. The molecule has 0 radical (unpaired) electrons. The van der Waals surface area contributed by atoms with E-state index in [1.54, 1.807) is 24.6 Å². The number of ether oxygens (including phenoxy) is 1. The number of hydrogen-bond donors (Lipinski definition) is 1. The van der Waals surface area contributed by atoms with Crippen molar-refractivity contribution < 1.29 is 18.7 Å². The maximum Gasteiger partial charge on any atom is 0.272 e. The van der Waals surface area contributed by atoms with Crippen molar-refractivity contribution in [1.29, 1.82) is 0 Å². The average Bonchev–Trinajstić information content (AvgIpc) is 3.43. The summed E-state index contributed by atoms with van der Waals surface area (Å²) in [6.45, 7) is 1.37. The largest absolute Gasteiger partial charge is 0.496 e. The zero-order valence-corrected chi connectivity index (χ0v) is 21.6. The molecule has 1 fully saturated rings. The number of halogens is 2. The van der Waals surface area contributed by atoms with Gasteiger partial charge in [0.2, 0.25) is 0 Å². The summed E-state index contributed by atoms with van der Waals surface area (Å²) in [5.41, 5.74) is 2.13. The number of piperidine rings is 1. The van der Waals surface area contributed by atoms with E-state index in [4.69, 9.17) is 16.3 Å². The molecule has 190 valence electrons. The molecular formula is C27H24ClFN4O3S. The van der Waals surface area contributed by atoms with Gasteiger partial charge in [0, 0.05) is 42.4 Å². The smallest absolute Gasteiger partial charge is 0.272 e. The Labute approximate surface area is 222 Å². The van der Waals surface area contributed by atoms with E-state index in [-0.39, 0.29) is 29.3 Å². The van der Waals surface area contributed by atoms with Gasteiger partial charge in [-0.1, -0.05) is 29.8 Å². The van der Waals surface area contributed by atoms with Crippen molar-refractivity contribution in [3.05, 3.63) is 86.7 Å². The number of nitrogens with zero attached hydrogens (tertiary/aromatic N) is 3. The molecule has 5 rings (SSSR count). The molecule has 0 aliphatic carbocycles. The predicted molar refractivity (Wildman–Crippen MR) is 141 cm³/mol. The highest BCUT2D eigenvalue weighted by molar-refractivity contribution is 7.09. The quantitative estimate of drug-likeness (QED) is 0.353. The Morgan fingerprint density at radius 2 is 1.92 bits per heavy atom. The highest BCUT2D eigenvalue weighted by Gasteiger charge is 2.28. The van der Waals surface area contributed by atoms with Crippen LogP contribution in [0.2, 0.25) is 5.02 Å². The molecule has 1 aliphatic rings. The predicted octanol–water partition coefficient (Wildman–Crippen LogP) is 5.44. The Morgan fingerprint density at radius 3 is 2.68 bits per heavy atom. The van der Waals surface area contributed by atoms with Gasteiger partial charge in [0.15, 0.2) is 0 Å². The molecule has 0 unspecified atom stereocenters. The fourth-order valence-electron chi connectivity index (χ4n) is 4.42. The van der Waals surface area contributed by atoms with Gasteiger partial charge < -0.3 is 15.0 Å². The number of benzene rings is 2. The Balaban J connectivity index is 1.19. The first kappa shape index (κ1) is 25.1. The van der Waals surface area contributed by atoms with E-state index >= 15 is 0 Å². The lowest BCUT2D eigenvalue weighted by molar-refractivity contribution is 0.0707. The topological polar surface area (TPSA) is 84.4 Å². The fraction of sp³-hybridized carbons (Fsp3) is 0.259. The number of carbonyl (C=O) groups excluding carboxylic acids is 2. The van der Waals surface area contributed by atoms with Gasteiger partial charge in [-0.2, -0.15) is 0 Å². The highest BCUT2D eigenvalue weighted by Crippen LogP contribution is 2.32. The van der Waals surface area contributed by atoms with Crippen LogP contribution in [0.15, 0.2) is 53.9 Å². The summed E-state index contributed by atoms with van der Waals surface area (Å²) < 4.78 is 18.8.